The molecule has 0 aromatic heterocycles. The number of rotatable bonds is 4. The van der Waals surface area contributed by atoms with Crippen LogP contribution in [0.4, 0.5) is 0 Å². The first kappa shape index (κ1) is 13.2. The van der Waals surface area contributed by atoms with E-state index in [9.17, 15) is 4.79 Å². The molecule has 1 aliphatic carbocycles. The quantitative estimate of drug-likeness (QED) is 0.830. The van der Waals surface area contributed by atoms with E-state index in [2.05, 4.69) is 17.5 Å². The van der Waals surface area contributed by atoms with Crippen LogP contribution in [0.25, 0.3) is 0 Å². The molecule has 0 saturated heterocycles. The molecular formula is C15H18ClNO. The Morgan fingerprint density at radius 1 is 1.28 bits per heavy atom. The van der Waals surface area contributed by atoms with Gasteiger partial charge in [0.15, 0.2) is 0 Å². The van der Waals surface area contributed by atoms with Crippen LogP contribution < -0.4 is 5.32 Å². The van der Waals surface area contributed by atoms with Crippen molar-refractivity contribution in [1.82, 2.24) is 5.32 Å². The van der Waals surface area contributed by atoms with Crippen molar-refractivity contribution in [2.45, 2.75) is 25.7 Å². The highest BCUT2D eigenvalue weighted by atomic mass is 35.5. The van der Waals surface area contributed by atoms with E-state index < -0.39 is 0 Å². The molecule has 1 N–H and O–H groups in total. The highest BCUT2D eigenvalue weighted by Gasteiger charge is 2.17. The molecule has 96 valence electrons. The maximum Gasteiger partial charge on any atom is 0.223 e. The molecule has 0 radical (unpaired) electrons. The summed E-state index contributed by atoms with van der Waals surface area (Å²) in [4.78, 5) is 11.9. The van der Waals surface area contributed by atoms with Crippen molar-refractivity contribution in [1.29, 1.82) is 0 Å². The van der Waals surface area contributed by atoms with E-state index in [1.807, 2.05) is 24.3 Å². The van der Waals surface area contributed by atoms with Crippen LogP contribution in [0.2, 0.25) is 5.02 Å². The highest BCUT2D eigenvalue weighted by molar-refractivity contribution is 6.30. The zero-order chi connectivity index (χ0) is 12.8. The van der Waals surface area contributed by atoms with Gasteiger partial charge in [0, 0.05) is 17.5 Å². The van der Waals surface area contributed by atoms with Crippen LogP contribution in [0.5, 0.6) is 0 Å². The molecule has 0 bridgehead atoms. The molecule has 0 heterocycles. The SMILES string of the molecule is O=C(NCCc1ccc(Cl)cc1)[C@@H]1CC=CCC1. The third-order valence-electron chi connectivity index (χ3n) is 3.27. The molecule has 0 spiro atoms. The summed E-state index contributed by atoms with van der Waals surface area (Å²) in [6, 6.07) is 7.75. The first-order valence-electron chi connectivity index (χ1n) is 6.43. The zero-order valence-corrected chi connectivity index (χ0v) is 11.1. The summed E-state index contributed by atoms with van der Waals surface area (Å²) in [7, 11) is 0. The van der Waals surface area contributed by atoms with Gasteiger partial charge in [0.25, 0.3) is 0 Å². The fourth-order valence-electron chi connectivity index (χ4n) is 2.16. The topological polar surface area (TPSA) is 29.1 Å². The summed E-state index contributed by atoms with van der Waals surface area (Å²) in [6.07, 6.45) is 7.99. The summed E-state index contributed by atoms with van der Waals surface area (Å²) < 4.78 is 0. The number of hydrogen-bond acceptors (Lipinski definition) is 1. The van der Waals surface area contributed by atoms with Gasteiger partial charge in [0.05, 0.1) is 0 Å². The average molecular weight is 264 g/mol. The van der Waals surface area contributed by atoms with Crippen LogP contribution >= 0.6 is 11.6 Å². The molecule has 2 nitrogen and oxygen atoms in total. The maximum absolute atomic E-state index is 11.9. The van der Waals surface area contributed by atoms with Crippen molar-refractivity contribution in [3.63, 3.8) is 0 Å². The summed E-state index contributed by atoms with van der Waals surface area (Å²) in [5, 5.41) is 3.76. The number of carbonyl (C=O) groups excluding carboxylic acids is 1. The molecule has 18 heavy (non-hydrogen) atoms. The third kappa shape index (κ3) is 3.88. The molecule has 3 heteroatoms. The molecule has 0 saturated carbocycles. The van der Waals surface area contributed by atoms with Gasteiger partial charge in [-0.15, -0.1) is 0 Å². The minimum absolute atomic E-state index is 0.167. The van der Waals surface area contributed by atoms with Crippen molar-refractivity contribution in [2.75, 3.05) is 6.54 Å². The Morgan fingerprint density at radius 2 is 2.06 bits per heavy atom. The zero-order valence-electron chi connectivity index (χ0n) is 10.4. The van der Waals surface area contributed by atoms with Crippen molar-refractivity contribution in [3.05, 3.63) is 47.0 Å². The van der Waals surface area contributed by atoms with E-state index in [1.54, 1.807) is 0 Å². The number of halogens is 1. The normalized spacial score (nSPS) is 18.6. The number of benzene rings is 1. The van der Waals surface area contributed by atoms with Gasteiger partial charge >= 0.3 is 0 Å². The van der Waals surface area contributed by atoms with Crippen molar-refractivity contribution in [2.24, 2.45) is 5.92 Å². The van der Waals surface area contributed by atoms with Gasteiger partial charge in [-0.05, 0) is 43.4 Å². The third-order valence-corrected chi connectivity index (χ3v) is 3.52. The lowest BCUT2D eigenvalue weighted by Gasteiger charge is -2.17. The highest BCUT2D eigenvalue weighted by Crippen LogP contribution is 2.18. The predicted molar refractivity (Wildman–Crippen MR) is 74.6 cm³/mol. The lowest BCUT2D eigenvalue weighted by atomic mass is 9.93. The summed E-state index contributed by atoms with van der Waals surface area (Å²) in [6.45, 7) is 0.695. The molecule has 0 unspecified atom stereocenters. The van der Waals surface area contributed by atoms with Gasteiger partial charge in [-0.3, -0.25) is 4.79 Å². The molecule has 2 rings (SSSR count). The summed E-state index contributed by atoms with van der Waals surface area (Å²) >= 11 is 5.82. The Morgan fingerprint density at radius 3 is 2.72 bits per heavy atom. The maximum atomic E-state index is 11.9. The van der Waals surface area contributed by atoms with E-state index in [0.29, 0.717) is 6.54 Å². The van der Waals surface area contributed by atoms with Gasteiger partial charge in [-0.25, -0.2) is 0 Å². The second kappa shape index (κ2) is 6.60. The van der Waals surface area contributed by atoms with E-state index >= 15 is 0 Å². The number of allylic oxidation sites excluding steroid dienone is 2. The minimum Gasteiger partial charge on any atom is -0.356 e. The number of carbonyl (C=O) groups is 1. The van der Waals surface area contributed by atoms with Gasteiger partial charge < -0.3 is 5.32 Å². The molecule has 0 aliphatic heterocycles. The fraction of sp³-hybridized carbons (Fsp3) is 0.400. The molecule has 1 aliphatic rings. The number of nitrogens with one attached hydrogen (secondary N) is 1. The Hall–Kier alpha value is -1.28. The average Bonchev–Trinajstić information content (AvgIpc) is 2.42. The first-order valence-corrected chi connectivity index (χ1v) is 6.80. The van der Waals surface area contributed by atoms with E-state index in [4.69, 9.17) is 11.6 Å². The van der Waals surface area contributed by atoms with Crippen LogP contribution in [0.15, 0.2) is 36.4 Å². The molecule has 1 aromatic carbocycles. The summed E-state index contributed by atoms with van der Waals surface area (Å²) in [5.41, 5.74) is 1.20. The smallest absolute Gasteiger partial charge is 0.223 e. The Bertz CT molecular complexity index is 425. The van der Waals surface area contributed by atoms with E-state index in [1.165, 1.54) is 5.56 Å². The summed E-state index contributed by atoms with van der Waals surface area (Å²) in [5.74, 6) is 0.355. The van der Waals surface area contributed by atoms with Crippen molar-refractivity contribution >= 4 is 17.5 Å². The standard InChI is InChI=1S/C15H18ClNO/c16-14-8-6-12(7-9-14)10-11-17-15(18)13-4-2-1-3-5-13/h1-2,6-9,13H,3-5,10-11H2,(H,17,18)/t13-/m1/s1. The van der Waals surface area contributed by atoms with Gasteiger partial charge in [0.2, 0.25) is 5.91 Å². The van der Waals surface area contributed by atoms with Gasteiger partial charge in [0.1, 0.15) is 0 Å². The lowest BCUT2D eigenvalue weighted by molar-refractivity contribution is -0.125. The Labute approximate surface area is 113 Å². The van der Waals surface area contributed by atoms with Gasteiger partial charge in [-0.1, -0.05) is 35.9 Å². The van der Waals surface area contributed by atoms with Crippen LogP contribution in [0, 0.1) is 5.92 Å². The van der Waals surface area contributed by atoms with Crippen molar-refractivity contribution < 1.29 is 4.79 Å². The van der Waals surface area contributed by atoms with E-state index in [-0.39, 0.29) is 11.8 Å². The molecule has 1 amide bonds. The molecular weight excluding hydrogens is 246 g/mol. The fourth-order valence-corrected chi connectivity index (χ4v) is 2.28. The minimum atomic E-state index is 0.167. The second-order valence-corrected chi connectivity index (χ2v) is 5.09. The van der Waals surface area contributed by atoms with Crippen LogP contribution in [-0.2, 0) is 11.2 Å². The molecule has 1 atom stereocenters. The lowest BCUT2D eigenvalue weighted by Crippen LogP contribution is -2.32. The number of hydrogen-bond donors (Lipinski definition) is 1. The van der Waals surface area contributed by atoms with Gasteiger partial charge in [-0.2, -0.15) is 0 Å². The molecule has 1 aromatic rings. The first-order chi connectivity index (χ1) is 8.75. The van der Waals surface area contributed by atoms with Crippen LogP contribution in [0.1, 0.15) is 24.8 Å². The number of amides is 1. The Kier molecular flexibility index (Phi) is 4.82. The van der Waals surface area contributed by atoms with Crippen molar-refractivity contribution in [3.8, 4) is 0 Å². The van der Waals surface area contributed by atoms with Crippen LogP contribution in [-0.4, -0.2) is 12.5 Å². The monoisotopic (exact) mass is 263 g/mol. The Balaban J connectivity index is 1.73. The molecule has 0 fully saturated rings. The van der Waals surface area contributed by atoms with E-state index in [0.717, 1.165) is 30.7 Å². The largest absolute Gasteiger partial charge is 0.356 e. The second-order valence-electron chi connectivity index (χ2n) is 4.65. The van der Waals surface area contributed by atoms with Crippen LogP contribution in [0.3, 0.4) is 0 Å². The predicted octanol–water partition coefficient (Wildman–Crippen LogP) is 3.36.